The summed E-state index contributed by atoms with van der Waals surface area (Å²) in [6.45, 7) is 2.32. The minimum Gasteiger partial charge on any atom is -0.464 e. The number of esters is 1. The molecule has 0 spiro atoms. The Morgan fingerprint density at radius 3 is 2.58 bits per heavy atom. The van der Waals surface area contributed by atoms with Gasteiger partial charge in [-0.3, -0.25) is 4.79 Å². The average Bonchev–Trinajstić information content (AvgIpc) is 2.09. The van der Waals surface area contributed by atoms with Gasteiger partial charge in [0.15, 0.2) is 0 Å². The SMILES string of the molecule is C/C=C(/C(=O)OC)N1CCC1=O. The van der Waals surface area contributed by atoms with Gasteiger partial charge in [-0.1, -0.05) is 6.08 Å². The van der Waals surface area contributed by atoms with Crippen molar-refractivity contribution < 1.29 is 14.3 Å². The van der Waals surface area contributed by atoms with Crippen LogP contribution in [0.1, 0.15) is 13.3 Å². The van der Waals surface area contributed by atoms with Gasteiger partial charge in [0.1, 0.15) is 5.70 Å². The number of nitrogens with zero attached hydrogens (tertiary/aromatic N) is 1. The Hall–Kier alpha value is -1.32. The van der Waals surface area contributed by atoms with Gasteiger partial charge in [0.25, 0.3) is 0 Å². The van der Waals surface area contributed by atoms with Crippen LogP contribution in [0.5, 0.6) is 0 Å². The van der Waals surface area contributed by atoms with Gasteiger partial charge in [-0.25, -0.2) is 4.79 Å². The Morgan fingerprint density at radius 2 is 2.33 bits per heavy atom. The first-order valence-electron chi connectivity index (χ1n) is 3.75. The summed E-state index contributed by atoms with van der Waals surface area (Å²) >= 11 is 0. The molecule has 0 unspecified atom stereocenters. The van der Waals surface area contributed by atoms with Gasteiger partial charge in [0, 0.05) is 13.0 Å². The summed E-state index contributed by atoms with van der Waals surface area (Å²) in [5, 5.41) is 0. The van der Waals surface area contributed by atoms with Crippen LogP contribution in [-0.2, 0) is 14.3 Å². The monoisotopic (exact) mass is 169 g/mol. The molecule has 1 fully saturated rings. The summed E-state index contributed by atoms with van der Waals surface area (Å²) in [6, 6.07) is 0. The zero-order chi connectivity index (χ0) is 9.14. The number of likely N-dealkylation sites (tertiary alicyclic amines) is 1. The maximum absolute atomic E-state index is 11.0. The minimum absolute atomic E-state index is 0.0199. The van der Waals surface area contributed by atoms with Gasteiger partial charge in [0.2, 0.25) is 5.91 Å². The van der Waals surface area contributed by atoms with E-state index >= 15 is 0 Å². The van der Waals surface area contributed by atoms with Crippen molar-refractivity contribution in [2.24, 2.45) is 0 Å². The molecule has 0 aromatic heterocycles. The Balaban J connectivity index is 2.70. The lowest BCUT2D eigenvalue weighted by Gasteiger charge is -2.31. The van der Waals surface area contributed by atoms with Crippen LogP contribution in [0.3, 0.4) is 0 Å². The van der Waals surface area contributed by atoms with Gasteiger partial charge in [-0.2, -0.15) is 0 Å². The molecule has 0 bridgehead atoms. The molecule has 66 valence electrons. The number of ether oxygens (including phenoxy) is 1. The molecule has 12 heavy (non-hydrogen) atoms. The molecular weight excluding hydrogens is 158 g/mol. The Kier molecular flexibility index (Phi) is 2.47. The van der Waals surface area contributed by atoms with Crippen LogP contribution in [0.2, 0.25) is 0 Å². The van der Waals surface area contributed by atoms with Gasteiger partial charge >= 0.3 is 5.97 Å². The number of hydrogen-bond donors (Lipinski definition) is 0. The van der Waals surface area contributed by atoms with Crippen molar-refractivity contribution in [1.29, 1.82) is 0 Å². The van der Waals surface area contributed by atoms with Crippen molar-refractivity contribution in [1.82, 2.24) is 4.90 Å². The molecule has 0 aromatic rings. The van der Waals surface area contributed by atoms with Crippen LogP contribution >= 0.6 is 0 Å². The van der Waals surface area contributed by atoms with E-state index in [9.17, 15) is 9.59 Å². The number of β-lactam (4-membered cyclic amide) rings is 1. The average molecular weight is 169 g/mol. The molecule has 4 heteroatoms. The topological polar surface area (TPSA) is 46.6 Å². The smallest absolute Gasteiger partial charge is 0.354 e. The van der Waals surface area contributed by atoms with E-state index in [1.54, 1.807) is 13.0 Å². The maximum atomic E-state index is 11.0. The number of hydrogen-bond acceptors (Lipinski definition) is 3. The second-order valence-corrected chi connectivity index (χ2v) is 2.46. The standard InChI is InChI=1S/C8H11NO3/c1-3-6(8(11)12-2)9-5-4-7(9)10/h3H,4-5H2,1-2H3/b6-3-. The fourth-order valence-corrected chi connectivity index (χ4v) is 1.06. The Labute approximate surface area is 70.8 Å². The Morgan fingerprint density at radius 1 is 1.67 bits per heavy atom. The van der Waals surface area contributed by atoms with Crippen molar-refractivity contribution >= 4 is 11.9 Å². The van der Waals surface area contributed by atoms with Crippen molar-refractivity contribution in [2.75, 3.05) is 13.7 Å². The molecule has 0 aliphatic carbocycles. The highest BCUT2D eigenvalue weighted by Crippen LogP contribution is 2.16. The molecule has 0 N–H and O–H groups in total. The molecule has 1 rings (SSSR count). The van der Waals surface area contributed by atoms with E-state index in [0.717, 1.165) is 0 Å². The molecule has 1 amide bonds. The first-order chi connectivity index (χ1) is 5.70. The van der Waals surface area contributed by atoms with Gasteiger partial charge in [-0.15, -0.1) is 0 Å². The first-order valence-corrected chi connectivity index (χ1v) is 3.75. The lowest BCUT2D eigenvalue weighted by Crippen LogP contribution is -2.44. The second-order valence-electron chi connectivity index (χ2n) is 2.46. The van der Waals surface area contributed by atoms with Crippen LogP contribution < -0.4 is 0 Å². The molecular formula is C8H11NO3. The fraction of sp³-hybridized carbons (Fsp3) is 0.500. The first kappa shape index (κ1) is 8.77. The summed E-state index contributed by atoms with van der Waals surface area (Å²) < 4.78 is 4.51. The highest BCUT2D eigenvalue weighted by Gasteiger charge is 2.30. The molecule has 1 aliphatic heterocycles. The summed E-state index contributed by atoms with van der Waals surface area (Å²) in [4.78, 5) is 23.4. The van der Waals surface area contributed by atoms with E-state index in [4.69, 9.17) is 0 Å². The highest BCUT2D eigenvalue weighted by molar-refractivity contribution is 5.96. The van der Waals surface area contributed by atoms with Crippen LogP contribution in [0, 0.1) is 0 Å². The van der Waals surface area contributed by atoms with E-state index in [0.29, 0.717) is 18.7 Å². The van der Waals surface area contributed by atoms with Gasteiger partial charge in [-0.05, 0) is 6.92 Å². The van der Waals surface area contributed by atoms with Gasteiger partial charge in [0.05, 0.1) is 7.11 Å². The van der Waals surface area contributed by atoms with Crippen LogP contribution in [-0.4, -0.2) is 30.4 Å². The Bertz CT molecular complexity index is 245. The molecule has 1 saturated heterocycles. The number of carbonyl (C=O) groups is 2. The molecule has 0 atom stereocenters. The zero-order valence-electron chi connectivity index (χ0n) is 7.16. The second kappa shape index (κ2) is 3.38. The van der Waals surface area contributed by atoms with Gasteiger partial charge < -0.3 is 9.64 Å². The fourth-order valence-electron chi connectivity index (χ4n) is 1.06. The van der Waals surface area contributed by atoms with Crippen molar-refractivity contribution in [3.05, 3.63) is 11.8 Å². The predicted octanol–water partition coefficient (Wildman–Crippen LogP) is 0.296. The van der Waals surface area contributed by atoms with E-state index in [2.05, 4.69) is 4.74 Å². The van der Waals surface area contributed by atoms with Crippen molar-refractivity contribution in [3.8, 4) is 0 Å². The number of carbonyl (C=O) groups excluding carboxylic acids is 2. The summed E-state index contributed by atoms with van der Waals surface area (Å²) in [6.07, 6.45) is 2.11. The lowest BCUT2D eigenvalue weighted by molar-refractivity contribution is -0.146. The number of allylic oxidation sites excluding steroid dienone is 1. The van der Waals surface area contributed by atoms with Crippen molar-refractivity contribution in [3.63, 3.8) is 0 Å². The molecule has 0 radical (unpaired) electrons. The largest absolute Gasteiger partial charge is 0.464 e. The highest BCUT2D eigenvalue weighted by atomic mass is 16.5. The molecule has 1 heterocycles. The summed E-state index contributed by atoms with van der Waals surface area (Å²) in [5.41, 5.74) is 0.341. The van der Waals surface area contributed by atoms with E-state index in [-0.39, 0.29) is 5.91 Å². The number of rotatable bonds is 2. The lowest BCUT2D eigenvalue weighted by atomic mass is 10.2. The summed E-state index contributed by atoms with van der Waals surface area (Å²) in [7, 11) is 1.30. The minimum atomic E-state index is -0.453. The molecule has 4 nitrogen and oxygen atoms in total. The molecule has 1 aliphatic rings. The van der Waals surface area contributed by atoms with E-state index in [1.165, 1.54) is 12.0 Å². The van der Waals surface area contributed by atoms with E-state index < -0.39 is 5.97 Å². The van der Waals surface area contributed by atoms with Crippen LogP contribution in [0.4, 0.5) is 0 Å². The van der Waals surface area contributed by atoms with E-state index in [1.807, 2.05) is 0 Å². The normalized spacial score (nSPS) is 17.3. The van der Waals surface area contributed by atoms with Crippen molar-refractivity contribution in [2.45, 2.75) is 13.3 Å². The predicted molar refractivity (Wildman–Crippen MR) is 42.1 cm³/mol. The zero-order valence-corrected chi connectivity index (χ0v) is 7.16. The van der Waals surface area contributed by atoms with Crippen LogP contribution in [0.25, 0.3) is 0 Å². The summed E-state index contributed by atoms with van der Waals surface area (Å²) in [5.74, 6) is -0.473. The third-order valence-electron chi connectivity index (χ3n) is 1.81. The quantitative estimate of drug-likeness (QED) is 0.339. The van der Waals surface area contributed by atoms with Crippen LogP contribution in [0.15, 0.2) is 11.8 Å². The number of amides is 1. The number of methoxy groups -OCH3 is 1. The molecule has 0 saturated carbocycles. The molecule has 0 aromatic carbocycles. The maximum Gasteiger partial charge on any atom is 0.354 e. The third-order valence-corrected chi connectivity index (χ3v) is 1.81. The third kappa shape index (κ3) is 1.32.